The van der Waals surface area contributed by atoms with E-state index in [0.29, 0.717) is 5.57 Å². The number of anilines is 1. The van der Waals surface area contributed by atoms with E-state index in [2.05, 4.69) is 0 Å². The van der Waals surface area contributed by atoms with Crippen LogP contribution in [0.15, 0.2) is 42.0 Å². The van der Waals surface area contributed by atoms with Crippen LogP contribution < -0.4 is 4.90 Å². The van der Waals surface area contributed by atoms with Crippen molar-refractivity contribution in [1.82, 2.24) is 0 Å². The maximum Gasteiger partial charge on any atom is 0.328 e. The number of carboxylic acid groups (broad SMARTS) is 1. The minimum Gasteiger partial charge on any atom is -0.478 e. The van der Waals surface area contributed by atoms with Crippen LogP contribution in [-0.2, 0) is 4.79 Å². The molecule has 0 aliphatic heterocycles. The topological polar surface area (TPSA) is 40.5 Å². The number of carboxylic acids is 1. The SMILES string of the molecule is CC(=C/C(=O)O)/C=C/c1ccc(N(C)C)cc1. The van der Waals surface area contributed by atoms with E-state index in [-0.39, 0.29) is 0 Å². The summed E-state index contributed by atoms with van der Waals surface area (Å²) in [6.07, 6.45) is 4.87. The standard InChI is InChI=1S/C14H17NO2/c1-11(10-14(16)17)4-5-12-6-8-13(9-7-12)15(2)3/h4-10H,1-3H3,(H,16,17)/b5-4+,11-10-. The van der Waals surface area contributed by atoms with Gasteiger partial charge in [-0.15, -0.1) is 0 Å². The molecule has 0 aliphatic carbocycles. The summed E-state index contributed by atoms with van der Waals surface area (Å²) in [6, 6.07) is 8.05. The van der Waals surface area contributed by atoms with E-state index >= 15 is 0 Å². The number of aliphatic carboxylic acids is 1. The van der Waals surface area contributed by atoms with Gasteiger partial charge in [0.2, 0.25) is 0 Å². The third kappa shape index (κ3) is 4.55. The van der Waals surface area contributed by atoms with Crippen LogP contribution in [0, 0.1) is 0 Å². The van der Waals surface area contributed by atoms with Crippen molar-refractivity contribution in [3.63, 3.8) is 0 Å². The molecule has 3 heteroatoms. The number of benzene rings is 1. The van der Waals surface area contributed by atoms with Crippen molar-refractivity contribution in [1.29, 1.82) is 0 Å². The largest absolute Gasteiger partial charge is 0.478 e. The lowest BCUT2D eigenvalue weighted by atomic mass is 10.1. The maximum atomic E-state index is 10.4. The molecule has 0 atom stereocenters. The summed E-state index contributed by atoms with van der Waals surface area (Å²) in [5.74, 6) is -0.921. The fourth-order valence-corrected chi connectivity index (χ4v) is 1.35. The van der Waals surface area contributed by atoms with Gasteiger partial charge in [-0.1, -0.05) is 24.3 Å². The van der Waals surface area contributed by atoms with Crippen molar-refractivity contribution in [2.24, 2.45) is 0 Å². The molecule has 0 aromatic heterocycles. The van der Waals surface area contributed by atoms with Crippen LogP contribution in [0.25, 0.3) is 6.08 Å². The fraction of sp³-hybridized carbons (Fsp3) is 0.214. The Balaban J connectivity index is 2.76. The molecule has 0 fully saturated rings. The van der Waals surface area contributed by atoms with Gasteiger partial charge in [0.05, 0.1) is 0 Å². The van der Waals surface area contributed by atoms with E-state index < -0.39 is 5.97 Å². The number of hydrogen-bond donors (Lipinski definition) is 1. The molecule has 90 valence electrons. The molecule has 1 aromatic rings. The quantitative estimate of drug-likeness (QED) is 0.640. The lowest BCUT2D eigenvalue weighted by Crippen LogP contribution is -2.07. The third-order valence-electron chi connectivity index (χ3n) is 2.30. The van der Waals surface area contributed by atoms with Gasteiger partial charge in [-0.25, -0.2) is 4.79 Å². The Kier molecular flexibility index (Phi) is 4.52. The molecule has 0 saturated heterocycles. The van der Waals surface area contributed by atoms with Crippen molar-refractivity contribution in [2.45, 2.75) is 6.92 Å². The zero-order chi connectivity index (χ0) is 12.8. The van der Waals surface area contributed by atoms with E-state index in [0.717, 1.165) is 11.3 Å². The summed E-state index contributed by atoms with van der Waals surface area (Å²) in [5.41, 5.74) is 2.91. The summed E-state index contributed by atoms with van der Waals surface area (Å²) >= 11 is 0. The highest BCUT2D eigenvalue weighted by atomic mass is 16.4. The predicted molar refractivity (Wildman–Crippen MR) is 71.2 cm³/mol. The van der Waals surface area contributed by atoms with Crippen molar-refractivity contribution in [3.8, 4) is 0 Å². The van der Waals surface area contributed by atoms with E-state index in [1.165, 1.54) is 6.08 Å². The van der Waals surface area contributed by atoms with Gasteiger partial charge in [0.25, 0.3) is 0 Å². The van der Waals surface area contributed by atoms with Crippen molar-refractivity contribution in [3.05, 3.63) is 47.6 Å². The lowest BCUT2D eigenvalue weighted by molar-refractivity contribution is -0.131. The van der Waals surface area contributed by atoms with Crippen molar-refractivity contribution in [2.75, 3.05) is 19.0 Å². The van der Waals surface area contributed by atoms with Crippen LogP contribution in [0.1, 0.15) is 12.5 Å². The smallest absolute Gasteiger partial charge is 0.328 e. The molecule has 0 spiro atoms. The first kappa shape index (κ1) is 13.0. The van der Waals surface area contributed by atoms with Gasteiger partial charge in [0, 0.05) is 25.9 Å². The first-order valence-electron chi connectivity index (χ1n) is 5.36. The number of hydrogen-bond acceptors (Lipinski definition) is 2. The second-order valence-corrected chi connectivity index (χ2v) is 4.05. The number of nitrogens with zero attached hydrogens (tertiary/aromatic N) is 1. The van der Waals surface area contributed by atoms with E-state index in [4.69, 9.17) is 5.11 Å². The highest BCUT2D eigenvalue weighted by Crippen LogP contribution is 2.13. The molecule has 3 nitrogen and oxygen atoms in total. The number of rotatable bonds is 4. The Labute approximate surface area is 102 Å². The Morgan fingerprint density at radius 3 is 2.29 bits per heavy atom. The average Bonchev–Trinajstić information content (AvgIpc) is 2.26. The molecule has 0 amide bonds. The van der Waals surface area contributed by atoms with Crippen molar-refractivity contribution >= 4 is 17.7 Å². The Morgan fingerprint density at radius 2 is 1.82 bits per heavy atom. The second kappa shape index (κ2) is 5.89. The normalized spacial score (nSPS) is 11.8. The molecule has 0 radical (unpaired) electrons. The molecule has 0 bridgehead atoms. The summed E-state index contributed by atoms with van der Waals surface area (Å²) in [7, 11) is 3.98. The molecule has 0 heterocycles. The van der Waals surface area contributed by atoms with E-state index in [9.17, 15) is 4.79 Å². The summed E-state index contributed by atoms with van der Waals surface area (Å²) < 4.78 is 0. The Bertz CT molecular complexity index is 442. The van der Waals surface area contributed by atoms with Gasteiger partial charge in [0.1, 0.15) is 0 Å². The summed E-state index contributed by atoms with van der Waals surface area (Å²) in [4.78, 5) is 12.5. The highest BCUT2D eigenvalue weighted by Gasteiger charge is 1.94. The average molecular weight is 231 g/mol. The summed E-state index contributed by atoms with van der Waals surface area (Å²) in [5, 5.41) is 8.56. The van der Waals surface area contributed by atoms with E-state index in [1.807, 2.05) is 49.3 Å². The van der Waals surface area contributed by atoms with Crippen molar-refractivity contribution < 1.29 is 9.90 Å². The van der Waals surface area contributed by atoms with Crippen LogP contribution in [0.4, 0.5) is 5.69 Å². The zero-order valence-electron chi connectivity index (χ0n) is 10.3. The molecule has 0 aliphatic rings. The molecule has 0 unspecified atom stereocenters. The highest BCUT2D eigenvalue weighted by molar-refractivity contribution is 5.81. The Hall–Kier alpha value is -2.03. The zero-order valence-corrected chi connectivity index (χ0v) is 10.3. The van der Waals surface area contributed by atoms with Crippen LogP contribution in [0.5, 0.6) is 0 Å². The predicted octanol–water partition coefficient (Wildman–Crippen LogP) is 2.80. The first-order chi connectivity index (χ1) is 7.99. The number of carbonyl (C=O) groups is 1. The molecular weight excluding hydrogens is 214 g/mol. The lowest BCUT2D eigenvalue weighted by Gasteiger charge is -2.11. The van der Waals surface area contributed by atoms with Gasteiger partial charge in [-0.2, -0.15) is 0 Å². The second-order valence-electron chi connectivity index (χ2n) is 4.05. The van der Waals surface area contributed by atoms with Crippen LogP contribution in [-0.4, -0.2) is 25.2 Å². The molecule has 0 saturated carbocycles. The molecule has 1 rings (SSSR count). The monoisotopic (exact) mass is 231 g/mol. The van der Waals surface area contributed by atoms with Crippen LogP contribution >= 0.6 is 0 Å². The van der Waals surface area contributed by atoms with E-state index in [1.54, 1.807) is 13.0 Å². The van der Waals surface area contributed by atoms with Gasteiger partial charge in [-0.3, -0.25) is 0 Å². The molecule has 1 N–H and O–H groups in total. The van der Waals surface area contributed by atoms with Gasteiger partial charge in [-0.05, 0) is 30.2 Å². The first-order valence-corrected chi connectivity index (χ1v) is 5.36. The number of allylic oxidation sites excluding steroid dienone is 2. The minimum atomic E-state index is -0.921. The third-order valence-corrected chi connectivity index (χ3v) is 2.30. The molecule has 17 heavy (non-hydrogen) atoms. The van der Waals surface area contributed by atoms with Crippen LogP contribution in [0.3, 0.4) is 0 Å². The minimum absolute atomic E-state index is 0.717. The van der Waals surface area contributed by atoms with Crippen LogP contribution in [0.2, 0.25) is 0 Å². The maximum absolute atomic E-state index is 10.4. The Morgan fingerprint density at radius 1 is 1.24 bits per heavy atom. The molecular formula is C14H17NO2. The molecule has 1 aromatic carbocycles. The van der Waals surface area contributed by atoms with Gasteiger partial charge in [0.15, 0.2) is 0 Å². The van der Waals surface area contributed by atoms with Gasteiger partial charge >= 0.3 is 5.97 Å². The summed E-state index contributed by atoms with van der Waals surface area (Å²) in [6.45, 7) is 1.76. The fourth-order valence-electron chi connectivity index (χ4n) is 1.35. The van der Waals surface area contributed by atoms with Gasteiger partial charge < -0.3 is 10.0 Å².